The van der Waals surface area contributed by atoms with Crippen molar-refractivity contribution in [1.29, 1.82) is 0 Å². The maximum Gasteiger partial charge on any atom is 0.235 e. The van der Waals surface area contributed by atoms with Crippen LogP contribution in [-0.4, -0.2) is 72.4 Å². The van der Waals surface area contributed by atoms with Crippen molar-refractivity contribution in [3.63, 3.8) is 0 Å². The Morgan fingerprint density at radius 1 is 1.09 bits per heavy atom. The summed E-state index contributed by atoms with van der Waals surface area (Å²) in [6, 6.07) is 11.3. The molecule has 0 saturated carbocycles. The molecule has 4 rings (SSSR count). The van der Waals surface area contributed by atoms with Gasteiger partial charge < -0.3 is 24.4 Å². The highest BCUT2D eigenvalue weighted by Crippen LogP contribution is 2.42. The number of benzene rings is 1. The monoisotopic (exact) mass is 455 g/mol. The van der Waals surface area contributed by atoms with Crippen molar-refractivity contribution >= 4 is 22.8 Å². The van der Waals surface area contributed by atoms with E-state index in [9.17, 15) is 15.0 Å². The molecule has 0 spiro atoms. The minimum absolute atomic E-state index is 0.147. The van der Waals surface area contributed by atoms with E-state index in [1.165, 1.54) is 11.3 Å². The molecule has 1 aliphatic rings. The van der Waals surface area contributed by atoms with Gasteiger partial charge in [0.05, 0.1) is 29.3 Å². The van der Waals surface area contributed by atoms with Crippen LogP contribution in [0.1, 0.15) is 21.7 Å². The molecule has 0 radical (unpaired) electrons. The number of carbonyl (C=O) groups excluding carboxylic acids is 1. The molecule has 1 fully saturated rings. The largest absolute Gasteiger partial charge is 0.503 e. The fraction of sp³-hybridized carbons (Fsp3) is 0.375. The lowest BCUT2D eigenvalue weighted by molar-refractivity contribution is 0.0369. The molecule has 32 heavy (non-hydrogen) atoms. The topological polar surface area (TPSA) is 78.2 Å². The zero-order valence-corrected chi connectivity index (χ0v) is 19.3. The first-order valence-electron chi connectivity index (χ1n) is 10.8. The van der Waals surface area contributed by atoms with Gasteiger partial charge in [-0.05, 0) is 35.6 Å². The Hall–Kier alpha value is -2.81. The highest BCUT2D eigenvalue weighted by molar-refractivity contribution is 7.12. The summed E-state index contributed by atoms with van der Waals surface area (Å²) in [6.07, 6.45) is 0.775. The Labute approximate surface area is 192 Å². The van der Waals surface area contributed by atoms with Crippen molar-refractivity contribution in [2.45, 2.75) is 13.0 Å². The predicted octanol–water partition coefficient (Wildman–Crippen LogP) is 3.65. The molecule has 0 bridgehead atoms. The van der Waals surface area contributed by atoms with Gasteiger partial charge in [-0.1, -0.05) is 18.2 Å². The Kier molecular flexibility index (Phi) is 6.83. The number of aromatic hydroxyl groups is 2. The van der Waals surface area contributed by atoms with Crippen molar-refractivity contribution in [3.05, 3.63) is 52.2 Å². The average molecular weight is 456 g/mol. The normalized spacial score (nSPS) is 14.6. The lowest BCUT2D eigenvalue weighted by Crippen LogP contribution is -2.37. The average Bonchev–Trinajstić information content (AvgIpc) is 3.43. The Balaban J connectivity index is 1.70. The number of anilines is 1. The van der Waals surface area contributed by atoms with E-state index in [4.69, 9.17) is 4.74 Å². The Bertz CT molecular complexity index is 1050. The van der Waals surface area contributed by atoms with Crippen LogP contribution in [-0.2, 0) is 11.3 Å². The maximum absolute atomic E-state index is 13.3. The number of hydrogen-bond acceptors (Lipinski definition) is 7. The lowest BCUT2D eigenvalue weighted by atomic mass is 10.0. The summed E-state index contributed by atoms with van der Waals surface area (Å²) in [5, 5.41) is 23.4. The molecule has 0 amide bonds. The Morgan fingerprint density at radius 3 is 2.44 bits per heavy atom. The molecule has 1 aromatic carbocycles. The van der Waals surface area contributed by atoms with Crippen LogP contribution in [0.15, 0.2) is 41.8 Å². The molecule has 1 aliphatic heterocycles. The summed E-state index contributed by atoms with van der Waals surface area (Å²) in [5.74, 6) is -0.911. The van der Waals surface area contributed by atoms with Crippen molar-refractivity contribution < 1.29 is 19.7 Å². The number of nitrogens with zero attached hydrogens (tertiary/aromatic N) is 3. The zero-order chi connectivity index (χ0) is 22.7. The van der Waals surface area contributed by atoms with Crippen molar-refractivity contribution in [2.75, 3.05) is 51.8 Å². The summed E-state index contributed by atoms with van der Waals surface area (Å²) in [6.45, 7) is 4.60. The van der Waals surface area contributed by atoms with Gasteiger partial charge >= 0.3 is 0 Å². The molecule has 0 aliphatic carbocycles. The van der Waals surface area contributed by atoms with Gasteiger partial charge in [-0.3, -0.25) is 9.69 Å². The van der Waals surface area contributed by atoms with Crippen LogP contribution in [0.5, 0.6) is 11.6 Å². The number of morpholine rings is 1. The summed E-state index contributed by atoms with van der Waals surface area (Å²) in [5.41, 5.74) is 2.50. The summed E-state index contributed by atoms with van der Waals surface area (Å²) < 4.78 is 7.08. The van der Waals surface area contributed by atoms with E-state index < -0.39 is 0 Å². The van der Waals surface area contributed by atoms with Crippen molar-refractivity contribution in [2.24, 2.45) is 0 Å². The zero-order valence-electron chi connectivity index (χ0n) is 18.5. The molecule has 3 aromatic rings. The molecule has 3 heterocycles. The maximum atomic E-state index is 13.3. The van der Waals surface area contributed by atoms with Crippen LogP contribution >= 0.6 is 11.3 Å². The van der Waals surface area contributed by atoms with E-state index in [-0.39, 0.29) is 23.0 Å². The third kappa shape index (κ3) is 4.53. The molecule has 7 nitrogen and oxygen atoms in total. The second kappa shape index (κ2) is 9.77. The summed E-state index contributed by atoms with van der Waals surface area (Å²) >= 11 is 1.32. The van der Waals surface area contributed by atoms with Crippen LogP contribution < -0.4 is 4.90 Å². The molecule has 2 aromatic heterocycles. The molecule has 8 heteroatoms. The second-order valence-electron chi connectivity index (χ2n) is 8.10. The highest BCUT2D eigenvalue weighted by Gasteiger charge is 2.29. The third-order valence-corrected chi connectivity index (χ3v) is 6.67. The van der Waals surface area contributed by atoms with Crippen LogP contribution in [0.3, 0.4) is 0 Å². The van der Waals surface area contributed by atoms with Gasteiger partial charge in [0.1, 0.15) is 0 Å². The summed E-state index contributed by atoms with van der Waals surface area (Å²) in [7, 11) is 3.93. The van der Waals surface area contributed by atoms with E-state index in [0.717, 1.165) is 50.5 Å². The van der Waals surface area contributed by atoms with Crippen molar-refractivity contribution in [3.8, 4) is 22.9 Å². The standard InChI is InChI=1S/C24H29N3O4S/c1-25(2)18-8-6-17(7-9-18)21-20(22(28)19-5-3-16-32-19)23(29)24(30)27(21)11-4-10-26-12-14-31-15-13-26/h3,5-9,16,29-30H,4,10-15H2,1-2H3. The first kappa shape index (κ1) is 22.4. The lowest BCUT2D eigenvalue weighted by Gasteiger charge is -2.26. The van der Waals surface area contributed by atoms with Gasteiger partial charge in [0.25, 0.3) is 0 Å². The first-order chi connectivity index (χ1) is 15.5. The predicted molar refractivity (Wildman–Crippen MR) is 127 cm³/mol. The number of hydrogen-bond donors (Lipinski definition) is 2. The number of aromatic nitrogens is 1. The first-order valence-corrected chi connectivity index (χ1v) is 11.7. The smallest absolute Gasteiger partial charge is 0.235 e. The fourth-order valence-electron chi connectivity index (χ4n) is 4.05. The molecule has 2 N–H and O–H groups in total. The van der Waals surface area contributed by atoms with E-state index in [1.807, 2.05) is 48.6 Å². The van der Waals surface area contributed by atoms with Crippen LogP contribution in [0.2, 0.25) is 0 Å². The number of ether oxygens (including phenoxy) is 1. The second-order valence-corrected chi connectivity index (χ2v) is 9.05. The highest BCUT2D eigenvalue weighted by atomic mass is 32.1. The number of thiophene rings is 1. The molecular weight excluding hydrogens is 426 g/mol. The van der Waals surface area contributed by atoms with Crippen molar-refractivity contribution in [1.82, 2.24) is 9.47 Å². The molecule has 1 saturated heterocycles. The van der Waals surface area contributed by atoms with Crippen LogP contribution in [0.25, 0.3) is 11.3 Å². The van der Waals surface area contributed by atoms with Gasteiger partial charge in [-0.2, -0.15) is 0 Å². The minimum atomic E-state index is -0.360. The number of ketones is 1. The molecule has 0 atom stereocenters. The molecule has 0 unspecified atom stereocenters. The fourth-order valence-corrected chi connectivity index (χ4v) is 4.72. The van der Waals surface area contributed by atoms with Gasteiger partial charge in [0.15, 0.2) is 5.75 Å². The Morgan fingerprint density at radius 2 is 1.81 bits per heavy atom. The van der Waals surface area contributed by atoms with Gasteiger partial charge in [-0.25, -0.2) is 0 Å². The SMILES string of the molecule is CN(C)c1ccc(-c2c(C(=O)c3cccs3)c(O)c(O)n2CCCN2CCOCC2)cc1. The van der Waals surface area contributed by atoms with E-state index >= 15 is 0 Å². The van der Waals surface area contributed by atoms with Gasteiger partial charge in [-0.15, -0.1) is 11.3 Å². The van der Waals surface area contributed by atoms with E-state index in [1.54, 1.807) is 16.7 Å². The van der Waals surface area contributed by atoms with E-state index in [0.29, 0.717) is 17.1 Å². The quantitative estimate of drug-likeness (QED) is 0.505. The number of carbonyl (C=O) groups is 1. The summed E-state index contributed by atoms with van der Waals surface area (Å²) in [4.78, 5) is 18.1. The molecule has 170 valence electrons. The minimum Gasteiger partial charge on any atom is -0.503 e. The number of rotatable bonds is 8. The van der Waals surface area contributed by atoms with Crippen LogP contribution in [0, 0.1) is 0 Å². The molecular formula is C24H29N3O4S. The third-order valence-electron chi connectivity index (χ3n) is 5.80. The van der Waals surface area contributed by atoms with Gasteiger partial charge in [0.2, 0.25) is 11.7 Å². The van der Waals surface area contributed by atoms with Gasteiger partial charge in [0, 0.05) is 46.0 Å². The van der Waals surface area contributed by atoms with Crippen LogP contribution in [0.4, 0.5) is 5.69 Å². The van der Waals surface area contributed by atoms with E-state index in [2.05, 4.69) is 4.90 Å².